The first kappa shape index (κ1) is 33.4. The summed E-state index contributed by atoms with van der Waals surface area (Å²) in [4.78, 5) is 24.9. The van der Waals surface area contributed by atoms with Crippen LogP contribution >= 0.6 is 11.3 Å². The standard InChI is InChI=1S/C38H45FN4O2S/c1-7-45-37(44)33-31-22-32(27-14-10-8-11-15-27)42(6)34(28-16-12-9-13-17-28)35(31)46-36(33)41-38(40-30-20-18-29(39)19-21-30)43(23-25(2)3)24-26(4)5/h8-21,25-26,32,34H,7,22-24H2,1-6H3,(H,40,41). The summed E-state index contributed by atoms with van der Waals surface area (Å²) in [5.41, 5.74) is 4.60. The number of aliphatic imine (C=N–C) groups is 1. The molecule has 1 aliphatic heterocycles. The van der Waals surface area contributed by atoms with Crippen LogP contribution in [0.4, 0.5) is 15.1 Å². The lowest BCUT2D eigenvalue weighted by Gasteiger charge is -2.40. The first-order chi connectivity index (χ1) is 22.2. The molecule has 0 amide bonds. The van der Waals surface area contributed by atoms with Gasteiger partial charge in [-0.2, -0.15) is 0 Å². The van der Waals surface area contributed by atoms with E-state index in [-0.39, 0.29) is 30.5 Å². The van der Waals surface area contributed by atoms with Crippen molar-refractivity contribution in [3.8, 4) is 0 Å². The van der Waals surface area contributed by atoms with Crippen LogP contribution in [0.1, 0.15) is 78.6 Å². The maximum Gasteiger partial charge on any atom is 0.341 e. The number of esters is 1. The fourth-order valence-corrected chi connectivity index (χ4v) is 7.57. The Bertz CT molecular complexity index is 1610. The number of likely N-dealkylation sites (N-methyl/N-ethyl adjacent to an activating group) is 1. The largest absolute Gasteiger partial charge is 0.462 e. The number of rotatable bonds is 10. The van der Waals surface area contributed by atoms with Crippen molar-refractivity contribution in [2.24, 2.45) is 16.8 Å². The van der Waals surface area contributed by atoms with Gasteiger partial charge in [0, 0.05) is 29.7 Å². The van der Waals surface area contributed by atoms with Crippen LogP contribution in [0.3, 0.4) is 0 Å². The summed E-state index contributed by atoms with van der Waals surface area (Å²) < 4.78 is 19.6. The molecule has 6 nitrogen and oxygen atoms in total. The highest BCUT2D eigenvalue weighted by Gasteiger charge is 2.39. The smallest absolute Gasteiger partial charge is 0.341 e. The molecule has 2 heterocycles. The lowest BCUT2D eigenvalue weighted by Crippen LogP contribution is -2.41. The van der Waals surface area contributed by atoms with Crippen LogP contribution < -0.4 is 5.32 Å². The topological polar surface area (TPSA) is 57.2 Å². The Labute approximate surface area is 276 Å². The van der Waals surface area contributed by atoms with E-state index in [1.807, 2.05) is 19.1 Å². The second kappa shape index (κ2) is 15.1. The fourth-order valence-electron chi connectivity index (χ4n) is 6.20. The molecule has 1 N–H and O–H groups in total. The summed E-state index contributed by atoms with van der Waals surface area (Å²) in [6.07, 6.45) is 0.655. The van der Waals surface area contributed by atoms with E-state index in [0.29, 0.717) is 34.8 Å². The van der Waals surface area contributed by atoms with E-state index in [9.17, 15) is 9.18 Å². The lowest BCUT2D eigenvalue weighted by atomic mass is 9.86. The van der Waals surface area contributed by atoms with Gasteiger partial charge in [-0.1, -0.05) is 88.4 Å². The zero-order valence-electron chi connectivity index (χ0n) is 27.7. The molecular formula is C38H45FN4O2S. The number of carbonyl (C=O) groups excluding carboxylic acids is 1. The molecule has 4 aromatic rings. The van der Waals surface area contributed by atoms with Crippen LogP contribution in [0, 0.1) is 17.7 Å². The Morgan fingerprint density at radius 3 is 2.11 bits per heavy atom. The van der Waals surface area contributed by atoms with Gasteiger partial charge in [0.25, 0.3) is 0 Å². The number of nitrogens with zero attached hydrogens (tertiary/aromatic N) is 3. The van der Waals surface area contributed by atoms with E-state index in [1.54, 1.807) is 23.5 Å². The van der Waals surface area contributed by atoms with Crippen LogP contribution in [0.5, 0.6) is 0 Å². The van der Waals surface area contributed by atoms with Gasteiger partial charge in [-0.25, -0.2) is 14.2 Å². The van der Waals surface area contributed by atoms with Crippen LogP contribution in [0.15, 0.2) is 89.9 Å². The highest BCUT2D eigenvalue weighted by atomic mass is 32.1. The third-order valence-corrected chi connectivity index (χ3v) is 9.30. The summed E-state index contributed by atoms with van der Waals surface area (Å²) in [5.74, 6) is 0.695. The van der Waals surface area contributed by atoms with Crippen molar-refractivity contribution in [2.75, 3.05) is 32.1 Å². The molecule has 0 spiro atoms. The van der Waals surface area contributed by atoms with Crippen LogP contribution in [0.2, 0.25) is 0 Å². The number of fused-ring (bicyclic) bond motifs is 1. The predicted octanol–water partition coefficient (Wildman–Crippen LogP) is 9.10. The van der Waals surface area contributed by atoms with Crippen molar-refractivity contribution in [3.05, 3.63) is 118 Å². The SMILES string of the molecule is CCOC(=O)c1c(/N=C(/Nc2ccc(F)cc2)N(CC(C)C)CC(C)C)sc2c1CC(c1ccccc1)N(C)C2c1ccccc1. The molecule has 1 aromatic heterocycles. The van der Waals surface area contributed by atoms with Crippen molar-refractivity contribution in [1.29, 1.82) is 0 Å². The number of carbonyl (C=O) groups is 1. The molecule has 0 radical (unpaired) electrons. The van der Waals surface area contributed by atoms with E-state index in [0.717, 1.165) is 34.8 Å². The number of thiophene rings is 1. The summed E-state index contributed by atoms with van der Waals surface area (Å²) in [5, 5.41) is 4.10. The molecular weight excluding hydrogens is 596 g/mol. The number of halogens is 1. The molecule has 5 rings (SSSR count). The Morgan fingerprint density at radius 2 is 1.54 bits per heavy atom. The first-order valence-corrected chi connectivity index (χ1v) is 17.0. The van der Waals surface area contributed by atoms with Gasteiger partial charge in [-0.05, 0) is 73.2 Å². The molecule has 8 heteroatoms. The molecule has 46 heavy (non-hydrogen) atoms. The summed E-state index contributed by atoms with van der Waals surface area (Å²) >= 11 is 1.56. The van der Waals surface area contributed by atoms with Crippen molar-refractivity contribution < 1.29 is 13.9 Å². The van der Waals surface area contributed by atoms with E-state index in [1.165, 1.54) is 17.7 Å². The summed E-state index contributed by atoms with van der Waals surface area (Å²) in [6.45, 7) is 12.3. The van der Waals surface area contributed by atoms with Gasteiger partial charge < -0.3 is 15.0 Å². The van der Waals surface area contributed by atoms with E-state index >= 15 is 0 Å². The predicted molar refractivity (Wildman–Crippen MR) is 188 cm³/mol. The summed E-state index contributed by atoms with van der Waals surface area (Å²) in [7, 11) is 2.17. The number of anilines is 1. The number of nitrogens with one attached hydrogen (secondary N) is 1. The van der Waals surface area contributed by atoms with Crippen LogP contribution in [0.25, 0.3) is 0 Å². The molecule has 0 fully saturated rings. The molecule has 0 saturated carbocycles. The van der Waals surface area contributed by atoms with E-state index in [4.69, 9.17) is 9.73 Å². The quantitative estimate of drug-likeness (QED) is 0.106. The van der Waals surface area contributed by atoms with Gasteiger partial charge >= 0.3 is 5.97 Å². The molecule has 2 atom stereocenters. The fraction of sp³-hybridized carbons (Fsp3) is 0.368. The average molecular weight is 641 g/mol. The minimum atomic E-state index is -0.359. The number of benzene rings is 3. The first-order valence-electron chi connectivity index (χ1n) is 16.2. The average Bonchev–Trinajstić information content (AvgIpc) is 3.39. The zero-order valence-corrected chi connectivity index (χ0v) is 28.5. The molecule has 242 valence electrons. The van der Waals surface area contributed by atoms with Crippen molar-refractivity contribution in [2.45, 2.75) is 53.1 Å². The number of hydrogen-bond donors (Lipinski definition) is 1. The maximum atomic E-state index is 13.9. The normalized spacial score (nSPS) is 16.8. The molecule has 0 aliphatic carbocycles. The van der Waals surface area contributed by atoms with Crippen LogP contribution in [-0.4, -0.2) is 48.5 Å². The molecule has 1 aliphatic rings. The van der Waals surface area contributed by atoms with Gasteiger partial charge in [0.15, 0.2) is 0 Å². The molecule has 0 saturated heterocycles. The van der Waals surface area contributed by atoms with Crippen LogP contribution in [-0.2, 0) is 11.2 Å². The maximum absolute atomic E-state index is 13.9. The third kappa shape index (κ3) is 7.68. The van der Waals surface area contributed by atoms with Crippen molar-refractivity contribution in [3.63, 3.8) is 0 Å². The zero-order chi connectivity index (χ0) is 32.8. The molecule has 3 aromatic carbocycles. The molecule has 0 bridgehead atoms. The lowest BCUT2D eigenvalue weighted by molar-refractivity contribution is 0.0525. The molecule has 2 unspecified atom stereocenters. The number of ether oxygens (including phenoxy) is 1. The highest BCUT2D eigenvalue weighted by Crippen LogP contribution is 2.50. The minimum Gasteiger partial charge on any atom is -0.462 e. The van der Waals surface area contributed by atoms with E-state index < -0.39 is 0 Å². The van der Waals surface area contributed by atoms with Crippen molar-refractivity contribution in [1.82, 2.24) is 9.80 Å². The van der Waals surface area contributed by atoms with Gasteiger partial charge in [0.05, 0.1) is 12.6 Å². The Hall–Kier alpha value is -4.01. The van der Waals surface area contributed by atoms with Gasteiger partial charge in [-0.15, -0.1) is 11.3 Å². The van der Waals surface area contributed by atoms with Crippen molar-refractivity contribution >= 4 is 34.0 Å². The Morgan fingerprint density at radius 1 is 0.957 bits per heavy atom. The monoisotopic (exact) mass is 640 g/mol. The second-order valence-electron chi connectivity index (χ2n) is 12.7. The third-order valence-electron chi connectivity index (χ3n) is 8.12. The van der Waals surface area contributed by atoms with Gasteiger partial charge in [-0.3, -0.25) is 4.90 Å². The number of guanidine groups is 1. The summed E-state index contributed by atoms with van der Waals surface area (Å²) in [6, 6.07) is 27.2. The van der Waals surface area contributed by atoms with Gasteiger partial charge in [0.1, 0.15) is 16.4 Å². The number of hydrogen-bond acceptors (Lipinski definition) is 5. The Balaban J connectivity index is 1.73. The Kier molecular flexibility index (Phi) is 10.9. The van der Waals surface area contributed by atoms with Gasteiger partial charge in [0.2, 0.25) is 5.96 Å². The highest BCUT2D eigenvalue weighted by molar-refractivity contribution is 7.16. The second-order valence-corrected chi connectivity index (χ2v) is 13.7. The minimum absolute atomic E-state index is 0.0497. The van der Waals surface area contributed by atoms with E-state index in [2.05, 4.69) is 98.4 Å².